The first-order valence-electron chi connectivity index (χ1n) is 6.05. The molecule has 1 N–H and O–H groups in total. The molecule has 1 aliphatic rings. The van der Waals surface area contributed by atoms with Crippen molar-refractivity contribution in [2.45, 2.75) is 39.7 Å². The smallest absolute Gasteiger partial charge is 0.333 e. The molecule has 5 nitrogen and oxygen atoms in total. The molecular formula is C13H20N2O3. The number of hydrogen-bond donors (Lipinski definition) is 1. The summed E-state index contributed by atoms with van der Waals surface area (Å²) in [6.45, 7) is 7.49. The van der Waals surface area contributed by atoms with Gasteiger partial charge in [0, 0.05) is 5.57 Å². The lowest BCUT2D eigenvalue weighted by molar-refractivity contribution is -0.136. The third-order valence-electron chi connectivity index (χ3n) is 3.31. The van der Waals surface area contributed by atoms with Crippen LogP contribution in [0.4, 0.5) is 0 Å². The van der Waals surface area contributed by atoms with E-state index in [4.69, 9.17) is 0 Å². The fraction of sp³-hybridized carbons (Fsp3) is 0.615. The van der Waals surface area contributed by atoms with Crippen molar-refractivity contribution in [1.29, 1.82) is 0 Å². The lowest BCUT2D eigenvalue weighted by Gasteiger charge is -2.25. The number of ether oxygens (including phenoxy) is 1. The van der Waals surface area contributed by atoms with Crippen molar-refractivity contribution in [3.8, 4) is 0 Å². The Labute approximate surface area is 107 Å². The first-order valence-corrected chi connectivity index (χ1v) is 6.05. The highest BCUT2D eigenvalue weighted by Gasteiger charge is 2.44. The van der Waals surface area contributed by atoms with Crippen LogP contribution in [0.1, 0.15) is 34.1 Å². The second-order valence-electron chi connectivity index (χ2n) is 4.70. The van der Waals surface area contributed by atoms with E-state index in [0.29, 0.717) is 17.8 Å². The maximum atomic E-state index is 12.0. The van der Waals surface area contributed by atoms with Gasteiger partial charge in [0.05, 0.1) is 7.11 Å². The minimum atomic E-state index is -0.720. The van der Waals surface area contributed by atoms with E-state index in [0.717, 1.165) is 0 Å². The van der Waals surface area contributed by atoms with Gasteiger partial charge in [0.2, 0.25) is 0 Å². The number of rotatable bonds is 4. The lowest BCUT2D eigenvalue weighted by Crippen LogP contribution is -2.43. The predicted octanol–water partition coefficient (Wildman–Crippen LogP) is 1.44. The van der Waals surface area contributed by atoms with Gasteiger partial charge in [-0.05, 0) is 25.3 Å². The Morgan fingerprint density at radius 1 is 1.56 bits per heavy atom. The van der Waals surface area contributed by atoms with Crippen molar-refractivity contribution in [3.63, 3.8) is 0 Å². The van der Waals surface area contributed by atoms with Gasteiger partial charge in [0.1, 0.15) is 11.4 Å². The van der Waals surface area contributed by atoms with Crippen LogP contribution >= 0.6 is 0 Å². The summed E-state index contributed by atoms with van der Waals surface area (Å²) in [6.07, 6.45) is 2.18. The van der Waals surface area contributed by atoms with Crippen molar-refractivity contribution in [1.82, 2.24) is 5.32 Å². The molecule has 5 heteroatoms. The molecule has 0 saturated heterocycles. The Bertz CT molecular complexity index is 424. The first kappa shape index (κ1) is 14.4. The van der Waals surface area contributed by atoms with Crippen molar-refractivity contribution in [3.05, 3.63) is 11.6 Å². The lowest BCUT2D eigenvalue weighted by atomic mass is 9.84. The SMILES string of the molecule is CCC1(C(C)C)N=C(/C=C(/C)C(=O)OC)NC1=O. The Morgan fingerprint density at radius 3 is 2.56 bits per heavy atom. The minimum absolute atomic E-state index is 0.104. The molecule has 0 aliphatic carbocycles. The highest BCUT2D eigenvalue weighted by Crippen LogP contribution is 2.29. The minimum Gasteiger partial charge on any atom is -0.466 e. The summed E-state index contributed by atoms with van der Waals surface area (Å²) in [5.41, 5.74) is -0.311. The van der Waals surface area contributed by atoms with E-state index in [1.165, 1.54) is 7.11 Å². The number of hydrogen-bond acceptors (Lipinski definition) is 4. The van der Waals surface area contributed by atoms with E-state index >= 15 is 0 Å². The highest BCUT2D eigenvalue weighted by molar-refractivity contribution is 6.14. The van der Waals surface area contributed by atoms with E-state index < -0.39 is 11.5 Å². The van der Waals surface area contributed by atoms with Gasteiger partial charge in [-0.15, -0.1) is 0 Å². The third-order valence-corrected chi connectivity index (χ3v) is 3.31. The number of aliphatic imine (C=N–C) groups is 1. The number of nitrogens with zero attached hydrogens (tertiary/aromatic N) is 1. The molecule has 0 radical (unpaired) electrons. The van der Waals surface area contributed by atoms with Gasteiger partial charge >= 0.3 is 5.97 Å². The second kappa shape index (κ2) is 5.33. The monoisotopic (exact) mass is 252 g/mol. The van der Waals surface area contributed by atoms with Crippen LogP contribution in [0.5, 0.6) is 0 Å². The quantitative estimate of drug-likeness (QED) is 0.608. The van der Waals surface area contributed by atoms with E-state index in [1.54, 1.807) is 13.0 Å². The molecule has 18 heavy (non-hydrogen) atoms. The average Bonchev–Trinajstić information content (AvgIpc) is 2.65. The summed E-state index contributed by atoms with van der Waals surface area (Å²) >= 11 is 0. The standard InChI is InChI=1S/C13H20N2O3/c1-6-13(8(2)3)12(17)14-10(15-13)7-9(4)11(16)18-5/h7-8H,6H2,1-5H3,(H,14,15,17)/b9-7-. The Kier molecular flexibility index (Phi) is 4.27. The second-order valence-corrected chi connectivity index (χ2v) is 4.70. The third kappa shape index (κ3) is 2.44. The molecule has 1 unspecified atom stereocenters. The molecule has 0 bridgehead atoms. The molecule has 1 aliphatic heterocycles. The van der Waals surface area contributed by atoms with E-state index in [2.05, 4.69) is 15.0 Å². The maximum absolute atomic E-state index is 12.0. The molecule has 0 saturated carbocycles. The topological polar surface area (TPSA) is 67.8 Å². The number of carbonyl (C=O) groups is 2. The van der Waals surface area contributed by atoms with Crippen molar-refractivity contribution < 1.29 is 14.3 Å². The van der Waals surface area contributed by atoms with Crippen LogP contribution in [0.15, 0.2) is 16.6 Å². The number of esters is 1. The van der Waals surface area contributed by atoms with Gasteiger partial charge in [0.25, 0.3) is 5.91 Å². The van der Waals surface area contributed by atoms with Gasteiger partial charge in [-0.2, -0.15) is 0 Å². The van der Waals surface area contributed by atoms with E-state index in [9.17, 15) is 9.59 Å². The molecule has 0 aromatic carbocycles. The highest BCUT2D eigenvalue weighted by atomic mass is 16.5. The molecule has 0 aromatic heterocycles. The molecular weight excluding hydrogens is 232 g/mol. The van der Waals surface area contributed by atoms with Crippen LogP contribution in [0.25, 0.3) is 0 Å². The molecule has 1 heterocycles. The fourth-order valence-corrected chi connectivity index (χ4v) is 2.05. The Morgan fingerprint density at radius 2 is 2.17 bits per heavy atom. The van der Waals surface area contributed by atoms with Crippen LogP contribution in [0, 0.1) is 5.92 Å². The van der Waals surface area contributed by atoms with E-state index in [-0.39, 0.29) is 11.8 Å². The van der Waals surface area contributed by atoms with Crippen LogP contribution in [-0.4, -0.2) is 30.4 Å². The molecule has 0 spiro atoms. The zero-order valence-electron chi connectivity index (χ0n) is 11.5. The zero-order chi connectivity index (χ0) is 13.9. The normalized spacial score (nSPS) is 24.0. The van der Waals surface area contributed by atoms with Crippen LogP contribution in [0.3, 0.4) is 0 Å². The summed E-state index contributed by atoms with van der Waals surface area (Å²) in [4.78, 5) is 27.8. The van der Waals surface area contributed by atoms with Crippen molar-refractivity contribution in [2.24, 2.45) is 10.9 Å². The maximum Gasteiger partial charge on any atom is 0.333 e. The summed E-state index contributed by atoms with van der Waals surface area (Å²) in [7, 11) is 1.32. The van der Waals surface area contributed by atoms with Crippen molar-refractivity contribution in [2.75, 3.05) is 7.11 Å². The molecule has 1 amide bonds. The van der Waals surface area contributed by atoms with Gasteiger partial charge in [-0.3, -0.25) is 9.79 Å². The van der Waals surface area contributed by atoms with Gasteiger partial charge in [0.15, 0.2) is 0 Å². The fourth-order valence-electron chi connectivity index (χ4n) is 2.05. The molecule has 1 atom stereocenters. The first-order chi connectivity index (χ1) is 8.37. The van der Waals surface area contributed by atoms with Crippen molar-refractivity contribution >= 4 is 17.7 Å². The average molecular weight is 252 g/mol. The Hall–Kier alpha value is -1.65. The largest absolute Gasteiger partial charge is 0.466 e. The van der Waals surface area contributed by atoms with Gasteiger partial charge in [-0.25, -0.2) is 4.79 Å². The number of methoxy groups -OCH3 is 1. The molecule has 0 aromatic rings. The van der Waals surface area contributed by atoms with Crippen LogP contribution in [-0.2, 0) is 14.3 Å². The summed E-state index contributed by atoms with van der Waals surface area (Å²) in [5, 5.41) is 2.71. The molecule has 100 valence electrons. The van der Waals surface area contributed by atoms with Crippen LogP contribution < -0.4 is 5.32 Å². The van der Waals surface area contributed by atoms with Gasteiger partial charge in [-0.1, -0.05) is 20.8 Å². The van der Waals surface area contributed by atoms with Crippen LogP contribution in [0.2, 0.25) is 0 Å². The van der Waals surface area contributed by atoms with E-state index in [1.807, 2.05) is 20.8 Å². The molecule has 1 rings (SSSR count). The number of amidine groups is 1. The Balaban J connectivity index is 3.05. The predicted molar refractivity (Wildman–Crippen MR) is 69.2 cm³/mol. The molecule has 0 fully saturated rings. The summed E-state index contributed by atoms with van der Waals surface area (Å²) < 4.78 is 4.60. The number of carbonyl (C=O) groups excluding carboxylic acids is 2. The summed E-state index contributed by atoms with van der Waals surface area (Å²) in [6, 6.07) is 0. The zero-order valence-corrected chi connectivity index (χ0v) is 11.5. The number of nitrogens with one attached hydrogen (secondary N) is 1. The number of amides is 1. The van der Waals surface area contributed by atoms with Gasteiger partial charge < -0.3 is 10.1 Å². The summed E-state index contributed by atoms with van der Waals surface area (Å²) in [5.74, 6) is -0.000284.